The minimum Gasteiger partial charge on any atom is -0.373 e. The highest BCUT2D eigenvalue weighted by atomic mass is 15.3. The number of rotatable bonds is 12. The van der Waals surface area contributed by atoms with Gasteiger partial charge < -0.3 is 16.4 Å². The van der Waals surface area contributed by atoms with Gasteiger partial charge >= 0.3 is 0 Å². The van der Waals surface area contributed by atoms with Crippen LogP contribution in [-0.4, -0.2) is 47.4 Å². The quantitative estimate of drug-likeness (QED) is 0.116. The van der Waals surface area contributed by atoms with Crippen LogP contribution >= 0.6 is 0 Å². The summed E-state index contributed by atoms with van der Waals surface area (Å²) in [6, 6.07) is 4.33. The molecule has 0 bridgehead atoms. The first kappa shape index (κ1) is 44.0. The van der Waals surface area contributed by atoms with Crippen LogP contribution in [0, 0.1) is 59.2 Å². The molecule has 1 aliphatic heterocycles. The largest absolute Gasteiger partial charge is 0.373 e. The van der Waals surface area contributed by atoms with E-state index < -0.39 is 0 Å². The Morgan fingerprint density at radius 3 is 2.07 bits per heavy atom. The summed E-state index contributed by atoms with van der Waals surface area (Å²) in [7, 11) is 0. The van der Waals surface area contributed by atoms with E-state index in [9.17, 15) is 0 Å². The smallest absolute Gasteiger partial charge is 0.0806 e. The predicted octanol–water partition coefficient (Wildman–Crippen LogP) is 12.9. The number of nitrogens with one attached hydrogen (secondary N) is 3. The van der Waals surface area contributed by atoms with E-state index in [0.29, 0.717) is 18.0 Å². The van der Waals surface area contributed by atoms with Crippen molar-refractivity contribution in [2.75, 3.05) is 0 Å². The monoisotopic (exact) mass is 838 g/mol. The molecule has 0 radical (unpaired) electrons. The van der Waals surface area contributed by atoms with Crippen molar-refractivity contribution in [1.82, 2.24) is 20.9 Å². The Morgan fingerprint density at radius 1 is 0.541 bits per heavy atom. The lowest BCUT2D eigenvalue weighted by molar-refractivity contribution is 0.0442. The third kappa shape index (κ3) is 10.4. The molecule has 0 spiro atoms. The van der Waals surface area contributed by atoms with Gasteiger partial charge in [0, 0.05) is 41.8 Å². The van der Waals surface area contributed by atoms with Crippen LogP contribution in [0.3, 0.4) is 0 Å². The highest BCUT2D eigenvalue weighted by molar-refractivity contribution is 5.12. The van der Waals surface area contributed by atoms with Gasteiger partial charge in [-0.2, -0.15) is 0 Å². The van der Waals surface area contributed by atoms with Crippen molar-refractivity contribution < 1.29 is 0 Å². The number of allylic oxidation sites excluding steroid dienone is 3. The molecule has 61 heavy (non-hydrogen) atoms. The Balaban J connectivity index is 0.824. The van der Waals surface area contributed by atoms with Gasteiger partial charge in [0.05, 0.1) is 12.3 Å². The maximum absolute atomic E-state index is 7.21. The Kier molecular flexibility index (Phi) is 15.3. The fourth-order valence-corrected chi connectivity index (χ4v) is 17.6. The number of likely N-dealkylation sites (tertiary alicyclic amines) is 1. The Morgan fingerprint density at radius 2 is 1.25 bits per heavy atom. The second-order valence-corrected chi connectivity index (χ2v) is 24.1. The maximum atomic E-state index is 7.21. The molecule has 0 amide bonds. The summed E-state index contributed by atoms with van der Waals surface area (Å²) in [6.45, 7) is 0. The van der Waals surface area contributed by atoms with Crippen LogP contribution < -0.4 is 21.7 Å². The lowest BCUT2D eigenvalue weighted by Crippen LogP contribution is -2.57. The molecule has 14 unspecified atom stereocenters. The molecule has 8 fully saturated rings. The summed E-state index contributed by atoms with van der Waals surface area (Å²) in [5.41, 5.74) is 8.79. The zero-order valence-electron chi connectivity index (χ0n) is 39.3. The number of fused-ring (bicyclic) bond motifs is 3. The molecule has 5 heteroatoms. The fraction of sp³-hybridized carbons (Fsp3) is 0.929. The fourth-order valence-electron chi connectivity index (χ4n) is 17.6. The van der Waals surface area contributed by atoms with Crippen molar-refractivity contribution in [2.24, 2.45) is 64.9 Å². The highest BCUT2D eigenvalue weighted by Crippen LogP contribution is 2.55. The molecule has 14 atom stereocenters. The molecule has 9 aliphatic carbocycles. The normalized spacial score (nSPS) is 42.3. The molecule has 344 valence electrons. The van der Waals surface area contributed by atoms with Crippen molar-refractivity contribution in [1.29, 1.82) is 0 Å². The number of nitrogens with two attached hydrogens (primary N) is 1. The zero-order valence-corrected chi connectivity index (χ0v) is 39.3. The van der Waals surface area contributed by atoms with E-state index in [1.807, 2.05) is 0 Å². The Bertz CT molecular complexity index is 1410. The van der Waals surface area contributed by atoms with E-state index in [4.69, 9.17) is 5.73 Å². The van der Waals surface area contributed by atoms with Gasteiger partial charge in [-0.3, -0.25) is 10.2 Å². The third-order valence-electron chi connectivity index (χ3n) is 20.6. The first-order valence-electron chi connectivity index (χ1n) is 28.3. The van der Waals surface area contributed by atoms with Gasteiger partial charge in [0.25, 0.3) is 0 Å². The molecule has 5 N–H and O–H groups in total. The van der Waals surface area contributed by atoms with E-state index in [1.54, 1.807) is 12.1 Å². The van der Waals surface area contributed by atoms with E-state index in [-0.39, 0.29) is 6.17 Å². The summed E-state index contributed by atoms with van der Waals surface area (Å²) in [6.07, 6.45) is 58.6. The summed E-state index contributed by atoms with van der Waals surface area (Å²) < 4.78 is 0. The van der Waals surface area contributed by atoms with Crippen LogP contribution in [0.2, 0.25) is 0 Å². The van der Waals surface area contributed by atoms with Crippen LogP contribution in [0.25, 0.3) is 0 Å². The first-order chi connectivity index (χ1) is 30.1. The van der Waals surface area contributed by atoms with Gasteiger partial charge in [-0.1, -0.05) is 115 Å². The van der Waals surface area contributed by atoms with Gasteiger partial charge in [-0.25, -0.2) is 0 Å². The van der Waals surface area contributed by atoms with Crippen molar-refractivity contribution in [3.05, 3.63) is 23.9 Å². The maximum Gasteiger partial charge on any atom is 0.0806 e. The van der Waals surface area contributed by atoms with Gasteiger partial charge in [-0.15, -0.1) is 0 Å². The number of hydrogen-bond acceptors (Lipinski definition) is 5. The molecule has 7 saturated carbocycles. The molecule has 0 aromatic rings. The standard InChI is InChI=1S/C56H95N5/c57-55(40-19-7-2-8-20-40)60-56(45-23-15-21-41(35-45)44-32-34-54-51(38-44)49-29-13-14-30-53(49)61(54)48-27-11-4-12-28-48)59-47-26-16-22-42(36-47)43-31-33-52(58-46-24-9-3-10-25-46)50(37-43)39-17-5-1-6-18-39/h7,19,36,39-46,48-56,58-60H,1-6,8-18,20-35,37-38,57H2. The number of hydrogen-bond donors (Lipinski definition) is 4. The summed E-state index contributed by atoms with van der Waals surface area (Å²) >= 11 is 0. The summed E-state index contributed by atoms with van der Waals surface area (Å²) in [4.78, 5) is 3.24. The second kappa shape index (κ2) is 21.2. The zero-order chi connectivity index (χ0) is 41.0. The van der Waals surface area contributed by atoms with Crippen LogP contribution in [0.1, 0.15) is 225 Å². The van der Waals surface area contributed by atoms with E-state index in [0.717, 1.165) is 77.6 Å². The SMILES string of the molecule is NC(NC(NC1=CC(C2CCC(NC3CCCCC3)C(C3CCCCC3)C2)CCC1)C1CCCC(C2CCC3C(C2)C2CCCCC2N3C2CCCCC2)C1)C1C=CCCC1. The Hall–Kier alpha value is -0.880. The minimum absolute atomic E-state index is 0.0422. The van der Waals surface area contributed by atoms with Crippen molar-refractivity contribution in [3.8, 4) is 0 Å². The second-order valence-electron chi connectivity index (χ2n) is 24.1. The van der Waals surface area contributed by atoms with Gasteiger partial charge in [0.15, 0.2) is 0 Å². The average Bonchev–Trinajstić information content (AvgIpc) is 3.66. The first-order valence-corrected chi connectivity index (χ1v) is 28.3. The summed E-state index contributed by atoms with van der Waals surface area (Å²) in [5.74, 6) is 8.50. The van der Waals surface area contributed by atoms with E-state index in [1.165, 1.54) is 218 Å². The van der Waals surface area contributed by atoms with Gasteiger partial charge in [-0.05, 0) is 182 Å². The average molecular weight is 838 g/mol. The lowest BCUT2D eigenvalue weighted by Gasteiger charge is -2.46. The third-order valence-corrected chi connectivity index (χ3v) is 20.6. The molecule has 5 nitrogen and oxygen atoms in total. The summed E-state index contributed by atoms with van der Waals surface area (Å²) in [5, 5.41) is 12.9. The van der Waals surface area contributed by atoms with E-state index >= 15 is 0 Å². The Labute approximate surface area is 375 Å². The molecular formula is C56H95N5. The van der Waals surface area contributed by atoms with Gasteiger partial charge in [0.2, 0.25) is 0 Å². The van der Waals surface area contributed by atoms with Crippen molar-refractivity contribution in [2.45, 2.75) is 267 Å². The van der Waals surface area contributed by atoms with Crippen LogP contribution in [0.4, 0.5) is 0 Å². The topological polar surface area (TPSA) is 65.3 Å². The van der Waals surface area contributed by atoms with Crippen molar-refractivity contribution >= 4 is 0 Å². The molecular weight excluding hydrogens is 743 g/mol. The van der Waals surface area contributed by atoms with Gasteiger partial charge in [0.1, 0.15) is 0 Å². The van der Waals surface area contributed by atoms with Crippen molar-refractivity contribution in [3.63, 3.8) is 0 Å². The predicted molar refractivity (Wildman–Crippen MR) is 256 cm³/mol. The molecule has 0 aromatic heterocycles. The minimum atomic E-state index is 0.0422. The molecule has 10 rings (SSSR count). The van der Waals surface area contributed by atoms with Crippen LogP contribution in [0.5, 0.6) is 0 Å². The lowest BCUT2D eigenvalue weighted by atomic mass is 9.64. The number of nitrogens with zero attached hydrogens (tertiary/aromatic N) is 1. The molecule has 1 saturated heterocycles. The molecule has 0 aromatic carbocycles. The van der Waals surface area contributed by atoms with Crippen LogP contribution in [-0.2, 0) is 0 Å². The molecule has 1 heterocycles. The van der Waals surface area contributed by atoms with Crippen LogP contribution in [0.15, 0.2) is 23.9 Å². The molecule has 10 aliphatic rings. The highest BCUT2D eigenvalue weighted by Gasteiger charge is 2.54. The van der Waals surface area contributed by atoms with E-state index in [2.05, 4.69) is 39.1 Å².